The summed E-state index contributed by atoms with van der Waals surface area (Å²) in [6.45, 7) is 4.57. The van der Waals surface area contributed by atoms with Crippen LogP contribution in [0.4, 0.5) is 0 Å². The number of carbonyl (C=O) groups excluding carboxylic acids is 1. The Labute approximate surface area is 136 Å². The van der Waals surface area contributed by atoms with Crippen LogP contribution in [0.25, 0.3) is 6.08 Å². The van der Waals surface area contributed by atoms with Crippen molar-refractivity contribution in [3.63, 3.8) is 0 Å². The fourth-order valence-electron chi connectivity index (χ4n) is 2.29. The monoisotopic (exact) mass is 317 g/mol. The van der Waals surface area contributed by atoms with Gasteiger partial charge in [-0.15, -0.1) is 0 Å². The summed E-state index contributed by atoms with van der Waals surface area (Å²) < 4.78 is 11.2. The Balaban J connectivity index is 2.10. The maximum absolute atomic E-state index is 11.6. The third-order valence-electron chi connectivity index (χ3n) is 3.63. The van der Waals surface area contributed by atoms with Gasteiger partial charge in [0.25, 0.3) is 0 Å². The Hall–Kier alpha value is -2.30. The average molecular weight is 317 g/mol. The lowest BCUT2D eigenvalue weighted by molar-refractivity contribution is -0.136. The fourth-order valence-corrected chi connectivity index (χ4v) is 2.29. The van der Waals surface area contributed by atoms with Crippen LogP contribution in [0.15, 0.2) is 28.9 Å². The van der Waals surface area contributed by atoms with Crippen LogP contribution < -0.4 is 9.47 Å². The van der Waals surface area contributed by atoms with Gasteiger partial charge in [0.1, 0.15) is 0 Å². The van der Waals surface area contributed by atoms with Crippen molar-refractivity contribution < 1.29 is 19.1 Å². The first-order valence-corrected chi connectivity index (χ1v) is 7.94. The number of hydrogen-bond donors (Lipinski definition) is 0. The molecule has 2 rings (SSSR count). The van der Waals surface area contributed by atoms with E-state index in [1.165, 1.54) is 12.8 Å². The highest BCUT2D eigenvalue weighted by molar-refractivity contribution is 6.24. The molecule has 0 aliphatic carbocycles. The highest BCUT2D eigenvalue weighted by Gasteiger charge is 2.21. The molecule has 1 aromatic carbocycles. The van der Waals surface area contributed by atoms with Crippen LogP contribution in [0.5, 0.6) is 11.5 Å². The second-order valence-electron chi connectivity index (χ2n) is 5.43. The Morgan fingerprint density at radius 3 is 2.70 bits per heavy atom. The number of carbonyl (C=O) groups is 1. The molecule has 5 heteroatoms. The minimum Gasteiger partial charge on any atom is -0.493 e. The van der Waals surface area contributed by atoms with Gasteiger partial charge >= 0.3 is 5.97 Å². The number of methoxy groups -OCH3 is 1. The molecule has 0 N–H and O–H groups in total. The molecule has 0 aromatic heterocycles. The van der Waals surface area contributed by atoms with Gasteiger partial charge in [0.05, 0.1) is 25.0 Å². The van der Waals surface area contributed by atoms with Crippen molar-refractivity contribution >= 4 is 17.8 Å². The number of unbranched alkanes of at least 4 members (excludes halogenated alkanes) is 3. The molecule has 0 radical (unpaired) electrons. The van der Waals surface area contributed by atoms with E-state index in [1.807, 2.05) is 18.2 Å². The first-order chi connectivity index (χ1) is 11.2. The fraction of sp³-hybridized carbons (Fsp3) is 0.444. The Morgan fingerprint density at radius 2 is 2.04 bits per heavy atom. The zero-order valence-electron chi connectivity index (χ0n) is 13.9. The molecule has 0 atom stereocenters. The molecule has 0 amide bonds. The van der Waals surface area contributed by atoms with E-state index in [9.17, 15) is 4.79 Å². The predicted molar refractivity (Wildman–Crippen MR) is 89.8 cm³/mol. The van der Waals surface area contributed by atoms with Crippen LogP contribution in [0.2, 0.25) is 0 Å². The lowest BCUT2D eigenvalue weighted by atomic mass is 10.1. The summed E-state index contributed by atoms with van der Waals surface area (Å²) in [6.07, 6.45) is 6.33. The Morgan fingerprint density at radius 1 is 1.22 bits per heavy atom. The van der Waals surface area contributed by atoms with E-state index in [0.29, 0.717) is 29.4 Å². The molecule has 1 aromatic rings. The minimum absolute atomic E-state index is 0.430. The van der Waals surface area contributed by atoms with Crippen molar-refractivity contribution in [1.82, 2.24) is 0 Å². The summed E-state index contributed by atoms with van der Waals surface area (Å²) in [6, 6.07) is 5.57. The van der Waals surface area contributed by atoms with Crippen LogP contribution in [-0.2, 0) is 9.63 Å². The second kappa shape index (κ2) is 8.36. The normalized spacial score (nSPS) is 15.5. The van der Waals surface area contributed by atoms with Gasteiger partial charge in [-0.25, -0.2) is 4.79 Å². The number of oxime groups is 1. The molecular formula is C18H23NO4. The summed E-state index contributed by atoms with van der Waals surface area (Å²) in [4.78, 5) is 16.3. The SMILES string of the molecule is CCCCCCOc1cc(/C=C2/C(=O)ON=C2C)ccc1OC. The van der Waals surface area contributed by atoms with Crippen LogP contribution in [0.3, 0.4) is 0 Å². The van der Waals surface area contributed by atoms with E-state index in [0.717, 1.165) is 18.4 Å². The average Bonchev–Trinajstić information content (AvgIpc) is 2.87. The van der Waals surface area contributed by atoms with Gasteiger partial charge in [-0.2, -0.15) is 0 Å². The maximum atomic E-state index is 11.6. The summed E-state index contributed by atoms with van der Waals surface area (Å²) in [5, 5.41) is 3.67. The minimum atomic E-state index is -0.430. The van der Waals surface area contributed by atoms with Gasteiger partial charge in [-0.1, -0.05) is 37.4 Å². The third kappa shape index (κ3) is 4.58. The van der Waals surface area contributed by atoms with Crippen LogP contribution in [0.1, 0.15) is 45.1 Å². The van der Waals surface area contributed by atoms with Crippen LogP contribution in [0, 0.1) is 0 Å². The largest absolute Gasteiger partial charge is 0.493 e. The highest BCUT2D eigenvalue weighted by Crippen LogP contribution is 2.29. The van der Waals surface area contributed by atoms with Gasteiger partial charge in [-0.05, 0) is 37.1 Å². The lowest BCUT2D eigenvalue weighted by Crippen LogP contribution is -2.02. The van der Waals surface area contributed by atoms with Gasteiger partial charge in [0.15, 0.2) is 11.5 Å². The van der Waals surface area contributed by atoms with E-state index in [2.05, 4.69) is 16.9 Å². The molecule has 124 valence electrons. The summed E-state index contributed by atoms with van der Waals surface area (Å²) >= 11 is 0. The highest BCUT2D eigenvalue weighted by atomic mass is 16.7. The summed E-state index contributed by atoms with van der Waals surface area (Å²) in [7, 11) is 1.61. The number of benzene rings is 1. The molecule has 1 aliphatic rings. The molecule has 5 nitrogen and oxygen atoms in total. The second-order valence-corrected chi connectivity index (χ2v) is 5.43. The Bertz CT molecular complexity index is 619. The molecule has 23 heavy (non-hydrogen) atoms. The molecule has 0 saturated heterocycles. The molecule has 0 saturated carbocycles. The van der Waals surface area contributed by atoms with E-state index >= 15 is 0 Å². The topological polar surface area (TPSA) is 57.1 Å². The van der Waals surface area contributed by atoms with Gasteiger partial charge in [-0.3, -0.25) is 0 Å². The van der Waals surface area contributed by atoms with Crippen molar-refractivity contribution in [3.8, 4) is 11.5 Å². The van der Waals surface area contributed by atoms with Gasteiger partial charge < -0.3 is 14.3 Å². The van der Waals surface area contributed by atoms with E-state index in [1.54, 1.807) is 20.1 Å². The van der Waals surface area contributed by atoms with Crippen molar-refractivity contribution in [2.75, 3.05) is 13.7 Å². The van der Waals surface area contributed by atoms with Gasteiger partial charge in [0, 0.05) is 0 Å². The zero-order valence-corrected chi connectivity index (χ0v) is 13.9. The zero-order chi connectivity index (χ0) is 16.7. The van der Waals surface area contributed by atoms with Crippen molar-refractivity contribution in [1.29, 1.82) is 0 Å². The molecule has 0 bridgehead atoms. The Kier molecular flexibility index (Phi) is 6.20. The number of ether oxygens (including phenoxy) is 2. The molecule has 1 heterocycles. The van der Waals surface area contributed by atoms with E-state index in [4.69, 9.17) is 9.47 Å². The predicted octanol–water partition coefficient (Wildman–Crippen LogP) is 3.97. The molecule has 0 fully saturated rings. The molecular weight excluding hydrogens is 294 g/mol. The number of nitrogens with zero attached hydrogens (tertiary/aromatic N) is 1. The van der Waals surface area contributed by atoms with Crippen molar-refractivity contribution in [3.05, 3.63) is 29.3 Å². The summed E-state index contributed by atoms with van der Waals surface area (Å²) in [5.41, 5.74) is 1.88. The summed E-state index contributed by atoms with van der Waals surface area (Å²) in [5.74, 6) is 0.932. The van der Waals surface area contributed by atoms with Crippen molar-refractivity contribution in [2.24, 2.45) is 5.16 Å². The lowest BCUT2D eigenvalue weighted by Gasteiger charge is -2.11. The first-order valence-electron chi connectivity index (χ1n) is 7.94. The third-order valence-corrected chi connectivity index (χ3v) is 3.63. The number of hydrogen-bond acceptors (Lipinski definition) is 5. The van der Waals surface area contributed by atoms with E-state index < -0.39 is 5.97 Å². The van der Waals surface area contributed by atoms with Crippen LogP contribution >= 0.6 is 0 Å². The van der Waals surface area contributed by atoms with Gasteiger partial charge in [0.2, 0.25) is 0 Å². The molecule has 1 aliphatic heterocycles. The standard InChI is InChI=1S/C18H23NO4/c1-4-5-6-7-10-22-17-12-14(8-9-16(17)21-3)11-15-13(2)19-23-18(15)20/h8-9,11-12H,4-7,10H2,1-3H3/b15-11+. The number of rotatable bonds is 8. The molecule has 0 spiro atoms. The maximum Gasteiger partial charge on any atom is 0.367 e. The first kappa shape index (κ1) is 17.1. The quantitative estimate of drug-likeness (QED) is 0.413. The molecule has 0 unspecified atom stereocenters. The van der Waals surface area contributed by atoms with Crippen LogP contribution in [-0.4, -0.2) is 25.4 Å². The van der Waals surface area contributed by atoms with E-state index in [-0.39, 0.29) is 0 Å². The smallest absolute Gasteiger partial charge is 0.367 e. The van der Waals surface area contributed by atoms with Crippen molar-refractivity contribution in [2.45, 2.75) is 39.5 Å².